The molecule has 3 amide bonds. The third kappa shape index (κ3) is 2.98. The molecule has 1 unspecified atom stereocenters. The molecule has 1 aromatic carbocycles. The first-order valence-electron chi connectivity index (χ1n) is 7.22. The van der Waals surface area contributed by atoms with Crippen LogP contribution < -0.4 is 10.6 Å². The van der Waals surface area contributed by atoms with Crippen LogP contribution in [0.2, 0.25) is 0 Å². The number of anilines is 1. The number of hydrogen-bond acceptors (Lipinski definition) is 3. The van der Waals surface area contributed by atoms with Crippen LogP contribution in [0.25, 0.3) is 0 Å². The fourth-order valence-corrected chi connectivity index (χ4v) is 3.30. The second kappa shape index (κ2) is 6.26. The summed E-state index contributed by atoms with van der Waals surface area (Å²) in [7, 11) is 1.66. The SMILES string of the molecule is CC1=C(C(=O)Nc2ccccc2)C(c2cccs2)NC(=O)N1C. The van der Waals surface area contributed by atoms with Crippen LogP contribution in [0.5, 0.6) is 0 Å². The molecular weight excluding hydrogens is 310 g/mol. The van der Waals surface area contributed by atoms with Crippen molar-refractivity contribution >= 4 is 29.0 Å². The Labute approximate surface area is 138 Å². The summed E-state index contributed by atoms with van der Waals surface area (Å²) in [5.41, 5.74) is 1.93. The zero-order valence-corrected chi connectivity index (χ0v) is 13.7. The fourth-order valence-electron chi connectivity index (χ4n) is 2.52. The number of hydrogen-bond donors (Lipinski definition) is 2. The van der Waals surface area contributed by atoms with Crippen LogP contribution in [0.4, 0.5) is 10.5 Å². The molecule has 5 nitrogen and oxygen atoms in total. The Morgan fingerprint density at radius 2 is 1.96 bits per heavy atom. The van der Waals surface area contributed by atoms with Gasteiger partial charge in [0.15, 0.2) is 0 Å². The minimum absolute atomic E-state index is 0.209. The molecule has 3 rings (SSSR count). The molecule has 0 radical (unpaired) electrons. The maximum absolute atomic E-state index is 12.8. The number of allylic oxidation sites excluding steroid dienone is 1. The van der Waals surface area contributed by atoms with E-state index in [1.807, 2.05) is 47.8 Å². The summed E-state index contributed by atoms with van der Waals surface area (Å²) in [5.74, 6) is -0.209. The number of rotatable bonds is 3. The molecule has 1 aliphatic rings. The van der Waals surface area contributed by atoms with Crippen molar-refractivity contribution in [2.45, 2.75) is 13.0 Å². The number of amides is 3. The number of para-hydroxylation sites is 1. The zero-order valence-electron chi connectivity index (χ0n) is 12.9. The first-order valence-corrected chi connectivity index (χ1v) is 8.10. The van der Waals surface area contributed by atoms with Gasteiger partial charge in [-0.15, -0.1) is 11.3 Å². The van der Waals surface area contributed by atoms with Gasteiger partial charge in [-0.25, -0.2) is 4.79 Å². The minimum atomic E-state index is -0.428. The minimum Gasteiger partial charge on any atom is -0.326 e. The molecular formula is C17H17N3O2S. The summed E-state index contributed by atoms with van der Waals surface area (Å²) >= 11 is 1.51. The Kier molecular flexibility index (Phi) is 4.16. The lowest BCUT2D eigenvalue weighted by Crippen LogP contribution is -2.46. The van der Waals surface area contributed by atoms with Gasteiger partial charge < -0.3 is 15.5 Å². The predicted molar refractivity (Wildman–Crippen MR) is 91.1 cm³/mol. The summed E-state index contributed by atoms with van der Waals surface area (Å²) in [4.78, 5) is 27.3. The van der Waals surface area contributed by atoms with E-state index >= 15 is 0 Å². The van der Waals surface area contributed by atoms with Gasteiger partial charge >= 0.3 is 6.03 Å². The van der Waals surface area contributed by atoms with Gasteiger partial charge in [-0.1, -0.05) is 24.3 Å². The number of thiophene rings is 1. The Hall–Kier alpha value is -2.60. The van der Waals surface area contributed by atoms with E-state index in [1.54, 1.807) is 14.0 Å². The second-order valence-corrected chi connectivity index (χ2v) is 6.26. The molecule has 2 heterocycles. The van der Waals surface area contributed by atoms with Crippen LogP contribution in [0, 0.1) is 0 Å². The number of urea groups is 1. The predicted octanol–water partition coefficient (Wildman–Crippen LogP) is 3.36. The second-order valence-electron chi connectivity index (χ2n) is 5.28. The van der Waals surface area contributed by atoms with Crippen LogP contribution >= 0.6 is 11.3 Å². The average Bonchev–Trinajstić information content (AvgIpc) is 3.07. The van der Waals surface area contributed by atoms with Crippen LogP contribution in [-0.2, 0) is 4.79 Å². The molecule has 0 aliphatic carbocycles. The average molecular weight is 327 g/mol. The van der Waals surface area contributed by atoms with Crippen molar-refractivity contribution in [1.29, 1.82) is 0 Å². The van der Waals surface area contributed by atoms with E-state index < -0.39 is 6.04 Å². The Balaban J connectivity index is 1.97. The topological polar surface area (TPSA) is 61.4 Å². The number of nitrogens with zero attached hydrogens (tertiary/aromatic N) is 1. The summed E-state index contributed by atoms with van der Waals surface area (Å²) in [5, 5.41) is 7.73. The number of benzene rings is 1. The summed E-state index contributed by atoms with van der Waals surface area (Å²) in [6, 6.07) is 12.5. The largest absolute Gasteiger partial charge is 0.326 e. The van der Waals surface area contributed by atoms with Gasteiger partial charge in [0.1, 0.15) is 0 Å². The fraction of sp³-hybridized carbons (Fsp3) is 0.176. The quantitative estimate of drug-likeness (QED) is 0.908. The molecule has 2 aromatic rings. The van der Waals surface area contributed by atoms with Crippen molar-refractivity contribution in [3.63, 3.8) is 0 Å². The molecule has 0 spiro atoms. The Morgan fingerprint density at radius 1 is 1.22 bits per heavy atom. The number of nitrogens with one attached hydrogen (secondary N) is 2. The highest BCUT2D eigenvalue weighted by molar-refractivity contribution is 7.10. The van der Waals surface area contributed by atoms with Gasteiger partial charge in [0.25, 0.3) is 5.91 Å². The highest BCUT2D eigenvalue weighted by Gasteiger charge is 2.34. The van der Waals surface area contributed by atoms with Crippen molar-refractivity contribution in [1.82, 2.24) is 10.2 Å². The molecule has 2 N–H and O–H groups in total. The molecule has 23 heavy (non-hydrogen) atoms. The first kappa shape index (κ1) is 15.3. The van der Waals surface area contributed by atoms with E-state index in [0.717, 1.165) is 10.6 Å². The maximum Gasteiger partial charge on any atom is 0.322 e. The van der Waals surface area contributed by atoms with Crippen LogP contribution in [0.1, 0.15) is 17.8 Å². The van der Waals surface area contributed by atoms with Crippen LogP contribution in [0.3, 0.4) is 0 Å². The summed E-state index contributed by atoms with van der Waals surface area (Å²) < 4.78 is 0. The lowest BCUT2D eigenvalue weighted by atomic mass is 9.99. The first-order chi connectivity index (χ1) is 11.1. The molecule has 0 bridgehead atoms. The highest BCUT2D eigenvalue weighted by Crippen LogP contribution is 2.32. The molecule has 1 aliphatic heterocycles. The third-order valence-corrected chi connectivity index (χ3v) is 4.80. The summed E-state index contributed by atoms with van der Waals surface area (Å²) in [6.45, 7) is 1.79. The molecule has 1 atom stereocenters. The molecule has 0 fully saturated rings. The lowest BCUT2D eigenvalue weighted by molar-refractivity contribution is -0.113. The van der Waals surface area contributed by atoms with E-state index in [2.05, 4.69) is 10.6 Å². The van der Waals surface area contributed by atoms with E-state index in [9.17, 15) is 9.59 Å². The van der Waals surface area contributed by atoms with Crippen molar-refractivity contribution < 1.29 is 9.59 Å². The molecule has 0 saturated carbocycles. The maximum atomic E-state index is 12.8. The monoisotopic (exact) mass is 327 g/mol. The van der Waals surface area contributed by atoms with Crippen molar-refractivity contribution in [3.05, 3.63) is 64.0 Å². The number of carbonyl (C=O) groups is 2. The van der Waals surface area contributed by atoms with E-state index in [1.165, 1.54) is 16.2 Å². The Bertz CT molecular complexity index is 753. The van der Waals surface area contributed by atoms with Gasteiger partial charge in [0.2, 0.25) is 0 Å². The molecule has 1 aromatic heterocycles. The van der Waals surface area contributed by atoms with Crippen LogP contribution in [0.15, 0.2) is 59.1 Å². The number of carbonyl (C=O) groups excluding carboxylic acids is 2. The Morgan fingerprint density at radius 3 is 2.61 bits per heavy atom. The van der Waals surface area contributed by atoms with E-state index in [0.29, 0.717) is 11.3 Å². The third-order valence-electron chi connectivity index (χ3n) is 3.86. The summed E-state index contributed by atoms with van der Waals surface area (Å²) in [6.07, 6.45) is 0. The molecule has 6 heteroatoms. The smallest absolute Gasteiger partial charge is 0.322 e. The van der Waals surface area contributed by atoms with Crippen molar-refractivity contribution in [2.24, 2.45) is 0 Å². The van der Waals surface area contributed by atoms with Gasteiger partial charge in [0, 0.05) is 23.3 Å². The normalized spacial score (nSPS) is 17.9. The van der Waals surface area contributed by atoms with E-state index in [4.69, 9.17) is 0 Å². The van der Waals surface area contributed by atoms with Gasteiger partial charge in [-0.05, 0) is 30.5 Å². The van der Waals surface area contributed by atoms with Gasteiger partial charge in [0.05, 0.1) is 11.6 Å². The van der Waals surface area contributed by atoms with Gasteiger partial charge in [-0.3, -0.25) is 4.79 Å². The van der Waals surface area contributed by atoms with E-state index in [-0.39, 0.29) is 11.9 Å². The molecule has 118 valence electrons. The van der Waals surface area contributed by atoms with Crippen molar-refractivity contribution in [2.75, 3.05) is 12.4 Å². The lowest BCUT2D eigenvalue weighted by Gasteiger charge is -2.33. The van der Waals surface area contributed by atoms with Crippen LogP contribution in [-0.4, -0.2) is 23.9 Å². The van der Waals surface area contributed by atoms with Crippen molar-refractivity contribution in [3.8, 4) is 0 Å². The molecule has 0 saturated heterocycles. The standard InChI is InChI=1S/C17H17N3O2S/c1-11-14(16(21)18-12-7-4-3-5-8-12)15(13-9-6-10-23-13)19-17(22)20(11)2/h3-10,15H,1-2H3,(H,18,21)(H,19,22). The van der Waals surface area contributed by atoms with Gasteiger partial charge in [-0.2, -0.15) is 0 Å². The highest BCUT2D eigenvalue weighted by atomic mass is 32.1. The zero-order chi connectivity index (χ0) is 16.4.